The fourth-order valence-corrected chi connectivity index (χ4v) is 2.81. The molecule has 1 heterocycles. The fourth-order valence-electron chi connectivity index (χ4n) is 2.81. The van der Waals surface area contributed by atoms with Crippen molar-refractivity contribution in [1.82, 2.24) is 0 Å². The Morgan fingerprint density at radius 3 is 2.94 bits per heavy atom. The van der Waals surface area contributed by atoms with Crippen molar-refractivity contribution >= 4 is 5.69 Å². The van der Waals surface area contributed by atoms with Crippen LogP contribution in [0.25, 0.3) is 0 Å². The van der Waals surface area contributed by atoms with Gasteiger partial charge in [-0.2, -0.15) is 0 Å². The molecule has 1 aromatic carbocycles. The summed E-state index contributed by atoms with van der Waals surface area (Å²) in [5, 5.41) is 0. The van der Waals surface area contributed by atoms with Crippen molar-refractivity contribution in [2.45, 2.75) is 39.2 Å². The number of para-hydroxylation sites is 1. The first-order chi connectivity index (χ1) is 8.22. The summed E-state index contributed by atoms with van der Waals surface area (Å²) in [5.41, 5.74) is 8.85. The van der Waals surface area contributed by atoms with Gasteiger partial charge in [0.15, 0.2) is 0 Å². The van der Waals surface area contributed by atoms with Crippen LogP contribution in [-0.2, 0) is 0 Å². The molecule has 0 bridgehead atoms. The smallest absolute Gasteiger partial charge is 0.0414 e. The van der Waals surface area contributed by atoms with Crippen LogP contribution < -0.4 is 10.6 Å². The van der Waals surface area contributed by atoms with E-state index in [0.717, 1.165) is 25.4 Å². The van der Waals surface area contributed by atoms with Crippen molar-refractivity contribution in [3.8, 4) is 0 Å². The molecule has 1 aliphatic heterocycles. The summed E-state index contributed by atoms with van der Waals surface area (Å²) < 4.78 is 0. The molecule has 0 radical (unpaired) electrons. The lowest BCUT2D eigenvalue weighted by atomic mass is 9.95. The van der Waals surface area contributed by atoms with Crippen molar-refractivity contribution in [3.05, 3.63) is 29.8 Å². The number of benzene rings is 1. The molecular formula is C15H24N2. The van der Waals surface area contributed by atoms with Gasteiger partial charge < -0.3 is 10.6 Å². The number of anilines is 1. The summed E-state index contributed by atoms with van der Waals surface area (Å²) in [6.07, 6.45) is 3.66. The normalized spacial score (nSPS) is 21.1. The van der Waals surface area contributed by atoms with E-state index in [0.29, 0.717) is 0 Å². The van der Waals surface area contributed by atoms with Gasteiger partial charge in [0.2, 0.25) is 0 Å². The van der Waals surface area contributed by atoms with E-state index in [-0.39, 0.29) is 6.04 Å². The second kappa shape index (κ2) is 5.54. The zero-order valence-corrected chi connectivity index (χ0v) is 11.0. The van der Waals surface area contributed by atoms with Crippen LogP contribution in [0.3, 0.4) is 0 Å². The van der Waals surface area contributed by atoms with Gasteiger partial charge in [0.1, 0.15) is 0 Å². The van der Waals surface area contributed by atoms with E-state index in [1.165, 1.54) is 24.1 Å². The van der Waals surface area contributed by atoms with E-state index in [1.54, 1.807) is 0 Å². The van der Waals surface area contributed by atoms with Crippen LogP contribution in [-0.4, -0.2) is 13.1 Å². The van der Waals surface area contributed by atoms with Crippen LogP contribution in [0.2, 0.25) is 0 Å². The molecule has 2 rings (SSSR count). The molecule has 17 heavy (non-hydrogen) atoms. The van der Waals surface area contributed by atoms with Crippen molar-refractivity contribution in [1.29, 1.82) is 0 Å². The van der Waals surface area contributed by atoms with Crippen LogP contribution in [0, 0.1) is 5.92 Å². The molecule has 94 valence electrons. The Labute approximate surface area is 105 Å². The molecule has 0 aliphatic carbocycles. The Kier molecular flexibility index (Phi) is 4.06. The number of hydrogen-bond donors (Lipinski definition) is 1. The highest BCUT2D eigenvalue weighted by molar-refractivity contribution is 5.56. The van der Waals surface area contributed by atoms with Gasteiger partial charge in [-0.1, -0.05) is 38.5 Å². The zero-order valence-electron chi connectivity index (χ0n) is 11.0. The van der Waals surface area contributed by atoms with Crippen molar-refractivity contribution in [2.75, 3.05) is 18.0 Å². The highest BCUT2D eigenvalue weighted by Crippen LogP contribution is 2.32. The van der Waals surface area contributed by atoms with E-state index in [2.05, 4.69) is 43.0 Å². The fraction of sp³-hybridized carbons (Fsp3) is 0.600. The maximum Gasteiger partial charge on any atom is 0.0414 e. The summed E-state index contributed by atoms with van der Waals surface area (Å²) in [4.78, 5) is 2.51. The van der Waals surface area contributed by atoms with E-state index < -0.39 is 0 Å². The van der Waals surface area contributed by atoms with Gasteiger partial charge in [-0.25, -0.2) is 0 Å². The second-order valence-corrected chi connectivity index (χ2v) is 5.29. The third-order valence-electron chi connectivity index (χ3n) is 3.70. The quantitative estimate of drug-likeness (QED) is 0.862. The average Bonchev–Trinajstić information content (AvgIpc) is 2.34. The number of fused-ring (bicyclic) bond motifs is 1. The first kappa shape index (κ1) is 12.4. The molecule has 2 N–H and O–H groups in total. The standard InChI is InChI=1S/C15H24N2/c1-3-6-12(2)11-17-10-9-14(16)13-7-4-5-8-15(13)17/h4-5,7-8,12,14H,3,6,9-11,16H2,1-2H3. The van der Waals surface area contributed by atoms with Gasteiger partial charge in [-0.15, -0.1) is 0 Å². The minimum atomic E-state index is 0.226. The molecule has 0 aromatic heterocycles. The summed E-state index contributed by atoms with van der Waals surface area (Å²) in [5.74, 6) is 0.766. The lowest BCUT2D eigenvalue weighted by molar-refractivity contribution is 0.489. The van der Waals surface area contributed by atoms with E-state index in [4.69, 9.17) is 5.73 Å². The molecule has 0 saturated carbocycles. The third kappa shape index (κ3) is 2.81. The molecule has 0 spiro atoms. The van der Waals surface area contributed by atoms with Crippen LogP contribution >= 0.6 is 0 Å². The molecular weight excluding hydrogens is 208 g/mol. The Hall–Kier alpha value is -1.02. The van der Waals surface area contributed by atoms with Gasteiger partial charge in [-0.3, -0.25) is 0 Å². The van der Waals surface area contributed by atoms with Crippen molar-refractivity contribution in [2.24, 2.45) is 11.7 Å². The van der Waals surface area contributed by atoms with Crippen molar-refractivity contribution < 1.29 is 0 Å². The molecule has 0 saturated heterocycles. The molecule has 2 heteroatoms. The lowest BCUT2D eigenvalue weighted by Gasteiger charge is -2.36. The number of rotatable bonds is 4. The molecule has 2 nitrogen and oxygen atoms in total. The molecule has 1 aliphatic rings. The van der Waals surface area contributed by atoms with Gasteiger partial charge in [0.05, 0.1) is 0 Å². The van der Waals surface area contributed by atoms with Gasteiger partial charge in [0.25, 0.3) is 0 Å². The Balaban J connectivity index is 2.13. The van der Waals surface area contributed by atoms with Crippen LogP contribution in [0.4, 0.5) is 5.69 Å². The van der Waals surface area contributed by atoms with E-state index in [9.17, 15) is 0 Å². The summed E-state index contributed by atoms with van der Waals surface area (Å²) in [6, 6.07) is 8.83. The Bertz CT molecular complexity index is 362. The first-order valence-electron chi connectivity index (χ1n) is 6.81. The highest BCUT2D eigenvalue weighted by Gasteiger charge is 2.22. The van der Waals surface area contributed by atoms with Crippen LogP contribution in [0.5, 0.6) is 0 Å². The molecule has 1 aromatic rings. The molecule has 0 amide bonds. The Morgan fingerprint density at radius 1 is 1.41 bits per heavy atom. The topological polar surface area (TPSA) is 29.3 Å². The molecule has 2 unspecified atom stereocenters. The van der Waals surface area contributed by atoms with Gasteiger partial charge >= 0.3 is 0 Å². The SMILES string of the molecule is CCCC(C)CN1CCC(N)c2ccccc21. The van der Waals surface area contributed by atoms with E-state index >= 15 is 0 Å². The largest absolute Gasteiger partial charge is 0.371 e. The monoisotopic (exact) mass is 232 g/mol. The summed E-state index contributed by atoms with van der Waals surface area (Å²) >= 11 is 0. The summed E-state index contributed by atoms with van der Waals surface area (Å²) in [7, 11) is 0. The minimum Gasteiger partial charge on any atom is -0.371 e. The van der Waals surface area contributed by atoms with Crippen LogP contribution in [0.15, 0.2) is 24.3 Å². The Morgan fingerprint density at radius 2 is 2.18 bits per heavy atom. The lowest BCUT2D eigenvalue weighted by Crippen LogP contribution is -2.36. The second-order valence-electron chi connectivity index (χ2n) is 5.29. The molecule has 2 atom stereocenters. The predicted molar refractivity (Wildman–Crippen MR) is 74.3 cm³/mol. The van der Waals surface area contributed by atoms with Crippen LogP contribution in [0.1, 0.15) is 44.7 Å². The number of nitrogens with two attached hydrogens (primary N) is 1. The van der Waals surface area contributed by atoms with Crippen molar-refractivity contribution in [3.63, 3.8) is 0 Å². The molecule has 0 fully saturated rings. The van der Waals surface area contributed by atoms with Gasteiger partial charge in [-0.05, 0) is 30.4 Å². The predicted octanol–water partition coefficient (Wildman–Crippen LogP) is 3.33. The maximum absolute atomic E-state index is 6.17. The number of hydrogen-bond acceptors (Lipinski definition) is 2. The summed E-state index contributed by atoms with van der Waals surface area (Å²) in [6.45, 7) is 6.88. The maximum atomic E-state index is 6.17. The highest BCUT2D eigenvalue weighted by atomic mass is 15.1. The minimum absolute atomic E-state index is 0.226. The average molecular weight is 232 g/mol. The number of nitrogens with zero attached hydrogens (tertiary/aromatic N) is 1. The zero-order chi connectivity index (χ0) is 12.3. The third-order valence-corrected chi connectivity index (χ3v) is 3.70. The first-order valence-corrected chi connectivity index (χ1v) is 6.81. The van der Waals surface area contributed by atoms with Gasteiger partial charge in [0, 0.05) is 24.8 Å². The van der Waals surface area contributed by atoms with E-state index in [1.807, 2.05) is 0 Å².